The van der Waals surface area contributed by atoms with Crippen molar-refractivity contribution in [2.24, 2.45) is 0 Å². The van der Waals surface area contributed by atoms with Crippen LogP contribution >= 0.6 is 0 Å². The molecule has 0 amide bonds. The number of nitrogen functional groups attached to an aromatic ring is 1. The van der Waals surface area contributed by atoms with Gasteiger partial charge in [0.05, 0.1) is 17.4 Å². The topological polar surface area (TPSA) is 141 Å². The number of aromatic nitrogens is 6. The van der Waals surface area contributed by atoms with Crippen LogP contribution in [0.4, 0.5) is 11.8 Å². The molecule has 2 aliphatic heterocycles. The molecule has 0 radical (unpaired) electrons. The lowest BCUT2D eigenvalue weighted by molar-refractivity contribution is -0.197. The van der Waals surface area contributed by atoms with Gasteiger partial charge in [-0.15, -0.1) is 0 Å². The third-order valence-electron chi connectivity index (χ3n) is 7.96. The number of hydrogen-bond acceptors (Lipinski definition) is 10. The van der Waals surface area contributed by atoms with Gasteiger partial charge in [0, 0.05) is 13.1 Å². The van der Waals surface area contributed by atoms with Crippen LogP contribution in [0.5, 0.6) is 0 Å². The van der Waals surface area contributed by atoms with Gasteiger partial charge in [-0.1, -0.05) is 33.8 Å². The molecule has 41 heavy (non-hydrogen) atoms. The number of likely N-dealkylation sites (N-methyl/N-ethyl adjacent to an activating group) is 1. The molecule has 4 aromatic rings. The molecule has 1 aromatic carbocycles. The summed E-state index contributed by atoms with van der Waals surface area (Å²) < 4.78 is 21.1. The monoisotopic (exact) mass is 563 g/mol. The Labute approximate surface area is 240 Å². The van der Waals surface area contributed by atoms with Gasteiger partial charge in [-0.2, -0.15) is 0 Å². The maximum Gasteiger partial charge on any atom is 0.201 e. The highest BCUT2D eigenvalue weighted by Gasteiger charge is 2.56. The Bertz CT molecular complexity index is 1530. The van der Waals surface area contributed by atoms with Gasteiger partial charge in [-0.25, -0.2) is 19.9 Å². The van der Waals surface area contributed by atoms with Gasteiger partial charge >= 0.3 is 0 Å². The van der Waals surface area contributed by atoms with Crippen LogP contribution in [0.25, 0.3) is 22.2 Å². The zero-order valence-electron chi connectivity index (χ0n) is 24.7. The summed E-state index contributed by atoms with van der Waals surface area (Å²) in [5.41, 5.74) is 10.6. The van der Waals surface area contributed by atoms with Crippen LogP contribution in [0.2, 0.25) is 0 Å². The van der Waals surface area contributed by atoms with Gasteiger partial charge < -0.3 is 35.1 Å². The number of aromatic amines is 1. The highest BCUT2D eigenvalue weighted by atomic mass is 16.8. The summed E-state index contributed by atoms with van der Waals surface area (Å²) in [6, 6.07) is 6.45. The zero-order valence-corrected chi connectivity index (χ0v) is 24.7. The van der Waals surface area contributed by atoms with Crippen LogP contribution < -0.4 is 11.1 Å². The van der Waals surface area contributed by atoms with Crippen molar-refractivity contribution in [1.82, 2.24) is 34.4 Å². The summed E-state index contributed by atoms with van der Waals surface area (Å²) >= 11 is 0. The van der Waals surface area contributed by atoms with Crippen LogP contribution in [0.1, 0.15) is 59.8 Å². The van der Waals surface area contributed by atoms with Gasteiger partial charge in [0.1, 0.15) is 30.2 Å². The standard InChI is InChI=1S/C29H41N9O3/c1-7-37(12-8-11-31-27-35-18-10-9-17(28(2,3)4)13-19(18)36-27)14-20-22-23(41-29(5,6)40-22)26(39-20)38-16-34-21-24(30)32-15-33-25(21)38/h9-10,13,15-16,20,22-23,26H,7-8,11-12,14H2,1-6H3,(H2,30,32,33)(H2,31,35,36)/t20-,22-,23-,26-/m1/s1. The van der Waals surface area contributed by atoms with E-state index in [9.17, 15) is 0 Å². The molecule has 0 spiro atoms. The third-order valence-corrected chi connectivity index (χ3v) is 7.96. The number of hydrogen-bond donors (Lipinski definition) is 3. The molecule has 0 bridgehead atoms. The molecule has 2 aliphatic rings. The SMILES string of the molecule is CCN(CCCNc1nc2cc(C(C)(C)C)ccc2[nH]1)C[C@H]1O[C@@H](n2cnc3c(N)ncnc32)[C@@H]2OC(C)(C)O[C@@H]21. The summed E-state index contributed by atoms with van der Waals surface area (Å²) in [4.78, 5) is 23.4. The third kappa shape index (κ3) is 5.49. The largest absolute Gasteiger partial charge is 0.382 e. The van der Waals surface area contributed by atoms with Crippen LogP contribution in [0.15, 0.2) is 30.9 Å². The van der Waals surface area contributed by atoms with Crippen molar-refractivity contribution in [3.63, 3.8) is 0 Å². The number of ether oxygens (including phenoxy) is 3. The maximum atomic E-state index is 6.59. The Balaban J connectivity index is 1.08. The predicted molar refractivity (Wildman–Crippen MR) is 157 cm³/mol. The first-order valence-corrected chi connectivity index (χ1v) is 14.4. The second-order valence-corrected chi connectivity index (χ2v) is 12.5. The van der Waals surface area contributed by atoms with Gasteiger partial charge in [0.15, 0.2) is 23.5 Å². The van der Waals surface area contributed by atoms with Gasteiger partial charge in [-0.3, -0.25) is 4.57 Å². The highest BCUT2D eigenvalue weighted by Crippen LogP contribution is 2.44. The fraction of sp³-hybridized carbons (Fsp3) is 0.586. The molecule has 2 saturated heterocycles. The number of H-pyrrole nitrogens is 1. The zero-order chi connectivity index (χ0) is 28.9. The molecule has 4 atom stereocenters. The van der Waals surface area contributed by atoms with E-state index in [1.54, 1.807) is 6.33 Å². The van der Waals surface area contributed by atoms with E-state index in [0.29, 0.717) is 17.0 Å². The fourth-order valence-electron chi connectivity index (χ4n) is 5.78. The molecule has 12 heteroatoms. The average molecular weight is 564 g/mol. The molecule has 2 fully saturated rings. The van der Waals surface area contributed by atoms with E-state index in [1.165, 1.54) is 11.9 Å². The van der Waals surface area contributed by atoms with E-state index in [4.69, 9.17) is 24.9 Å². The summed E-state index contributed by atoms with van der Waals surface area (Å²) in [6.45, 7) is 16.0. The molecule has 0 unspecified atom stereocenters. The summed E-state index contributed by atoms with van der Waals surface area (Å²) in [5.74, 6) is 0.433. The molecule has 3 aromatic heterocycles. The number of nitrogens with one attached hydrogen (secondary N) is 2. The van der Waals surface area contributed by atoms with Crippen molar-refractivity contribution in [3.05, 3.63) is 36.4 Å². The second kappa shape index (κ2) is 10.5. The number of imidazole rings is 2. The van der Waals surface area contributed by atoms with Crippen molar-refractivity contribution in [3.8, 4) is 0 Å². The van der Waals surface area contributed by atoms with Gasteiger partial charge in [0.2, 0.25) is 5.95 Å². The number of nitrogens with zero attached hydrogens (tertiary/aromatic N) is 6. The van der Waals surface area contributed by atoms with Gasteiger partial charge in [-0.05, 0) is 56.5 Å². The molecule has 5 heterocycles. The van der Waals surface area contributed by atoms with Crippen LogP contribution in [0, 0.1) is 0 Å². The molecular formula is C29H41N9O3. The number of nitrogens with two attached hydrogens (primary N) is 1. The Morgan fingerprint density at radius 3 is 2.73 bits per heavy atom. The first kappa shape index (κ1) is 27.8. The lowest BCUT2D eigenvalue weighted by atomic mass is 9.87. The van der Waals surface area contributed by atoms with Crippen LogP contribution in [0.3, 0.4) is 0 Å². The Morgan fingerprint density at radius 2 is 1.95 bits per heavy atom. The lowest BCUT2D eigenvalue weighted by Gasteiger charge is -2.28. The first-order chi connectivity index (χ1) is 19.5. The van der Waals surface area contributed by atoms with Crippen LogP contribution in [-0.2, 0) is 19.6 Å². The highest BCUT2D eigenvalue weighted by molar-refractivity contribution is 5.81. The molecular weight excluding hydrogens is 522 g/mol. The molecule has 4 N–H and O–H groups in total. The first-order valence-electron chi connectivity index (χ1n) is 14.4. The quantitative estimate of drug-likeness (QED) is 0.257. The van der Waals surface area contributed by atoms with Crippen LogP contribution in [-0.4, -0.2) is 84.7 Å². The summed E-state index contributed by atoms with van der Waals surface area (Å²) in [5, 5.41) is 3.46. The van der Waals surface area contributed by atoms with E-state index in [-0.39, 0.29) is 23.7 Å². The number of fused-ring (bicyclic) bond motifs is 3. The predicted octanol–water partition coefficient (Wildman–Crippen LogP) is 3.82. The molecule has 0 saturated carbocycles. The van der Waals surface area contributed by atoms with Crippen molar-refractivity contribution in [1.29, 1.82) is 0 Å². The number of rotatable bonds is 9. The molecule has 6 rings (SSSR count). The molecule has 12 nitrogen and oxygen atoms in total. The van der Waals surface area contributed by atoms with Crippen molar-refractivity contribution >= 4 is 34.0 Å². The fourth-order valence-corrected chi connectivity index (χ4v) is 5.78. The van der Waals surface area contributed by atoms with E-state index >= 15 is 0 Å². The van der Waals surface area contributed by atoms with E-state index in [2.05, 4.69) is 76.0 Å². The minimum atomic E-state index is -0.707. The van der Waals surface area contributed by atoms with Crippen molar-refractivity contribution in [2.75, 3.05) is 37.2 Å². The smallest absolute Gasteiger partial charge is 0.201 e. The Kier molecular flexibility index (Phi) is 7.13. The lowest BCUT2D eigenvalue weighted by Crippen LogP contribution is -2.40. The summed E-state index contributed by atoms with van der Waals surface area (Å²) in [6.07, 6.45) is 2.97. The van der Waals surface area contributed by atoms with Crippen molar-refractivity contribution < 1.29 is 14.2 Å². The minimum absolute atomic E-state index is 0.0910. The summed E-state index contributed by atoms with van der Waals surface area (Å²) in [7, 11) is 0. The van der Waals surface area contributed by atoms with E-state index in [0.717, 1.165) is 49.6 Å². The molecule has 0 aliphatic carbocycles. The minimum Gasteiger partial charge on any atom is -0.382 e. The Morgan fingerprint density at radius 1 is 1.15 bits per heavy atom. The van der Waals surface area contributed by atoms with E-state index in [1.807, 2.05) is 18.4 Å². The number of benzene rings is 1. The average Bonchev–Trinajstić information content (AvgIpc) is 3.66. The molecule has 220 valence electrons. The van der Waals surface area contributed by atoms with Crippen molar-refractivity contribution in [2.45, 2.75) is 83.7 Å². The number of anilines is 2. The Hall–Kier alpha value is -3.32. The normalized spacial score (nSPS) is 24.1. The second-order valence-electron chi connectivity index (χ2n) is 12.5. The van der Waals surface area contributed by atoms with Gasteiger partial charge in [0.25, 0.3) is 0 Å². The maximum absolute atomic E-state index is 6.59. The van der Waals surface area contributed by atoms with E-state index < -0.39 is 12.0 Å².